The van der Waals surface area contributed by atoms with Crippen molar-refractivity contribution in [2.45, 2.75) is 27.4 Å². The van der Waals surface area contributed by atoms with Crippen LogP contribution in [0.2, 0.25) is 5.02 Å². The average molecular weight is 432 g/mol. The van der Waals surface area contributed by atoms with Crippen molar-refractivity contribution in [2.75, 3.05) is 13.2 Å². The van der Waals surface area contributed by atoms with Crippen LogP contribution in [0.25, 0.3) is 10.6 Å². The van der Waals surface area contributed by atoms with Gasteiger partial charge in [0.1, 0.15) is 18.1 Å². The minimum Gasteiger partial charge on any atom is -0.488 e. The third kappa shape index (κ3) is 5.71. The number of halogens is 1. The van der Waals surface area contributed by atoms with Gasteiger partial charge in [-0.2, -0.15) is 0 Å². The lowest BCUT2D eigenvalue weighted by atomic mass is 10.2. The molecule has 7 heteroatoms. The lowest BCUT2D eigenvalue weighted by Crippen LogP contribution is -2.14. The summed E-state index contributed by atoms with van der Waals surface area (Å²) in [6, 6.07) is 11.4. The molecule has 0 aliphatic heterocycles. The van der Waals surface area contributed by atoms with E-state index < -0.39 is 0 Å². The first-order valence-corrected chi connectivity index (χ1v) is 10.4. The number of carbonyl (C=O) groups excluding carboxylic acids is 1. The van der Waals surface area contributed by atoms with Gasteiger partial charge in [-0.15, -0.1) is 11.3 Å². The number of rotatable bonds is 8. The molecule has 3 aromatic rings. The Morgan fingerprint density at radius 3 is 2.62 bits per heavy atom. The number of nitrogens with zero attached hydrogens (tertiary/aromatic N) is 1. The number of ether oxygens (including phenoxy) is 3. The van der Waals surface area contributed by atoms with Gasteiger partial charge in [-0.25, -0.2) is 4.79 Å². The number of carbonyl (C=O) groups is 1. The van der Waals surface area contributed by atoms with Gasteiger partial charge in [0, 0.05) is 11.1 Å². The number of benzene rings is 1. The Balaban J connectivity index is 1.62. The number of hydrogen-bond donors (Lipinski definition) is 0. The van der Waals surface area contributed by atoms with Crippen LogP contribution < -0.4 is 9.47 Å². The number of esters is 1. The number of pyridine rings is 1. The molecule has 0 amide bonds. The molecule has 3 rings (SSSR count). The summed E-state index contributed by atoms with van der Waals surface area (Å²) in [5.41, 5.74) is 2.95. The van der Waals surface area contributed by atoms with Crippen LogP contribution in [0.3, 0.4) is 0 Å². The van der Waals surface area contributed by atoms with E-state index in [0.29, 0.717) is 24.0 Å². The molecule has 0 unspecified atom stereocenters. The molecule has 0 N–H and O–H groups in total. The molecule has 2 heterocycles. The van der Waals surface area contributed by atoms with E-state index in [9.17, 15) is 4.79 Å². The summed E-state index contributed by atoms with van der Waals surface area (Å²) in [5, 5.41) is 0.621. The molecule has 0 saturated heterocycles. The lowest BCUT2D eigenvalue weighted by Gasteiger charge is -2.11. The van der Waals surface area contributed by atoms with Gasteiger partial charge < -0.3 is 14.2 Å². The second-order valence-corrected chi connectivity index (χ2v) is 7.96. The minimum atomic E-state index is -0.383. The van der Waals surface area contributed by atoms with Crippen LogP contribution >= 0.6 is 22.9 Å². The monoisotopic (exact) mass is 431 g/mol. The van der Waals surface area contributed by atoms with Gasteiger partial charge in [0.2, 0.25) is 0 Å². The first-order chi connectivity index (χ1) is 14.0. The zero-order valence-electron chi connectivity index (χ0n) is 16.5. The molecule has 1 aromatic carbocycles. The topological polar surface area (TPSA) is 57.7 Å². The summed E-state index contributed by atoms with van der Waals surface area (Å²) in [6.45, 7) is 6.43. The molecule has 0 spiro atoms. The predicted molar refractivity (Wildman–Crippen MR) is 115 cm³/mol. The molecule has 152 valence electrons. The minimum absolute atomic E-state index is 0.106. The van der Waals surface area contributed by atoms with Crippen LogP contribution in [0, 0.1) is 13.8 Å². The van der Waals surface area contributed by atoms with Gasteiger partial charge >= 0.3 is 5.97 Å². The fourth-order valence-corrected chi connectivity index (χ4v) is 3.85. The molecule has 0 aliphatic rings. The number of aryl methyl sites for hydroxylation is 2. The second kappa shape index (κ2) is 9.76. The molecule has 29 heavy (non-hydrogen) atoms. The summed E-state index contributed by atoms with van der Waals surface area (Å²) < 4.78 is 16.3. The maximum atomic E-state index is 11.4. The highest BCUT2D eigenvalue weighted by Gasteiger charge is 2.11. The fraction of sp³-hybridized carbons (Fsp3) is 0.273. The van der Waals surface area contributed by atoms with Gasteiger partial charge in [-0.05, 0) is 68.3 Å². The average Bonchev–Trinajstić information content (AvgIpc) is 3.07. The van der Waals surface area contributed by atoms with Gasteiger partial charge in [0.15, 0.2) is 6.61 Å². The van der Waals surface area contributed by atoms with Crippen LogP contribution in [0.1, 0.15) is 22.9 Å². The summed E-state index contributed by atoms with van der Waals surface area (Å²) >= 11 is 7.57. The Morgan fingerprint density at radius 1 is 1.10 bits per heavy atom. The number of aromatic nitrogens is 1. The van der Waals surface area contributed by atoms with Crippen molar-refractivity contribution in [3.63, 3.8) is 0 Å². The summed E-state index contributed by atoms with van der Waals surface area (Å²) in [6.07, 6.45) is 1.65. The van der Waals surface area contributed by atoms with Crippen molar-refractivity contribution < 1.29 is 19.0 Å². The van der Waals surface area contributed by atoms with Gasteiger partial charge in [0.25, 0.3) is 0 Å². The van der Waals surface area contributed by atoms with E-state index in [1.807, 2.05) is 31.2 Å². The summed E-state index contributed by atoms with van der Waals surface area (Å²) in [7, 11) is 0. The molecule has 0 fully saturated rings. The fourth-order valence-electron chi connectivity index (χ4n) is 2.67. The normalized spacial score (nSPS) is 10.6. The van der Waals surface area contributed by atoms with Crippen molar-refractivity contribution in [1.29, 1.82) is 0 Å². The zero-order valence-corrected chi connectivity index (χ0v) is 18.1. The molecule has 0 atom stereocenters. The number of thiophene rings is 1. The molecule has 5 nitrogen and oxygen atoms in total. The first-order valence-electron chi connectivity index (χ1n) is 9.19. The van der Waals surface area contributed by atoms with Crippen LogP contribution in [0.5, 0.6) is 11.5 Å². The second-order valence-electron chi connectivity index (χ2n) is 6.39. The van der Waals surface area contributed by atoms with Crippen molar-refractivity contribution in [1.82, 2.24) is 4.98 Å². The maximum absolute atomic E-state index is 11.4. The summed E-state index contributed by atoms with van der Waals surface area (Å²) in [4.78, 5) is 18.0. The van der Waals surface area contributed by atoms with Crippen LogP contribution in [0.15, 0.2) is 42.6 Å². The molecule has 0 aliphatic carbocycles. The number of hydrogen-bond acceptors (Lipinski definition) is 6. The molecule has 0 saturated carbocycles. The van der Waals surface area contributed by atoms with Crippen LogP contribution in [-0.4, -0.2) is 24.2 Å². The third-order valence-electron chi connectivity index (χ3n) is 4.17. The van der Waals surface area contributed by atoms with Gasteiger partial charge in [0.05, 0.1) is 22.2 Å². The van der Waals surface area contributed by atoms with E-state index in [1.54, 1.807) is 30.5 Å². The highest BCUT2D eigenvalue weighted by molar-refractivity contribution is 7.15. The van der Waals surface area contributed by atoms with Crippen molar-refractivity contribution in [3.8, 4) is 22.1 Å². The van der Waals surface area contributed by atoms with Crippen molar-refractivity contribution in [3.05, 3.63) is 63.6 Å². The lowest BCUT2D eigenvalue weighted by molar-refractivity contribution is -0.145. The van der Waals surface area contributed by atoms with Gasteiger partial charge in [-0.1, -0.05) is 11.6 Å². The van der Waals surface area contributed by atoms with E-state index in [1.165, 1.54) is 0 Å². The van der Waals surface area contributed by atoms with Gasteiger partial charge in [-0.3, -0.25) is 4.98 Å². The molecular formula is C22H22ClNO4S. The van der Waals surface area contributed by atoms with Crippen LogP contribution in [0.4, 0.5) is 0 Å². The predicted octanol–water partition coefficient (Wildman–Crippen LogP) is 5.60. The standard InChI is InChI=1S/C22H22ClNO4S/c1-4-26-22(25)13-28-19-8-6-17(9-14(19)2)27-12-21-15(3)10-20(29-21)18-7-5-16(23)11-24-18/h5-11H,4,12-13H2,1-3H3. The Labute approximate surface area is 179 Å². The van der Waals surface area contributed by atoms with E-state index in [4.69, 9.17) is 25.8 Å². The summed E-state index contributed by atoms with van der Waals surface area (Å²) in [5.74, 6) is 0.991. The Kier molecular flexibility index (Phi) is 7.12. The SMILES string of the molecule is CCOC(=O)COc1ccc(OCc2sc(-c3ccc(Cl)cn3)cc2C)cc1C. The highest BCUT2D eigenvalue weighted by atomic mass is 35.5. The Bertz CT molecular complexity index is 985. The third-order valence-corrected chi connectivity index (χ3v) is 5.62. The Hall–Kier alpha value is -2.57. The maximum Gasteiger partial charge on any atom is 0.344 e. The Morgan fingerprint density at radius 2 is 1.93 bits per heavy atom. The van der Waals surface area contributed by atoms with E-state index in [2.05, 4.69) is 18.0 Å². The quantitative estimate of drug-likeness (QED) is 0.434. The van der Waals surface area contributed by atoms with E-state index in [0.717, 1.165) is 32.3 Å². The molecular weight excluding hydrogens is 410 g/mol. The van der Waals surface area contributed by atoms with Crippen LogP contribution in [-0.2, 0) is 16.1 Å². The van der Waals surface area contributed by atoms with E-state index >= 15 is 0 Å². The van der Waals surface area contributed by atoms with Crippen molar-refractivity contribution in [2.24, 2.45) is 0 Å². The first kappa shape index (κ1) is 21.1. The van der Waals surface area contributed by atoms with Crippen molar-refractivity contribution >= 4 is 28.9 Å². The smallest absolute Gasteiger partial charge is 0.344 e. The largest absolute Gasteiger partial charge is 0.488 e. The zero-order chi connectivity index (χ0) is 20.8. The molecule has 0 radical (unpaired) electrons. The molecule has 2 aromatic heterocycles. The van der Waals surface area contributed by atoms with E-state index in [-0.39, 0.29) is 12.6 Å². The highest BCUT2D eigenvalue weighted by Crippen LogP contribution is 2.32. The molecule has 0 bridgehead atoms.